The summed E-state index contributed by atoms with van der Waals surface area (Å²) in [5.41, 5.74) is 2.93. The molecule has 4 heteroatoms. The fourth-order valence-corrected chi connectivity index (χ4v) is 3.01. The largest absolute Gasteiger partial charge is 0.148 e. The average molecular weight is 313 g/mol. The highest BCUT2D eigenvalue weighted by Gasteiger charge is 2.08. The van der Waals surface area contributed by atoms with E-state index in [1.807, 2.05) is 36.4 Å². The second-order valence-corrected chi connectivity index (χ2v) is 6.16. The minimum atomic E-state index is 0.616. The van der Waals surface area contributed by atoms with E-state index in [4.69, 9.17) is 11.6 Å². The smallest absolute Gasteiger partial charge is 0.125 e. The Hall–Kier alpha value is -1.84. The van der Waals surface area contributed by atoms with Crippen LogP contribution >= 0.6 is 23.4 Å². The average Bonchev–Trinajstić information content (AvgIpc) is 2.51. The molecule has 1 aromatic heterocycles. The number of halogens is 1. The van der Waals surface area contributed by atoms with E-state index in [0.29, 0.717) is 10.7 Å². The third kappa shape index (κ3) is 3.43. The summed E-state index contributed by atoms with van der Waals surface area (Å²) in [7, 11) is 0. The molecule has 0 saturated carbocycles. The number of rotatable bonds is 3. The molecular weight excluding hydrogens is 300 g/mol. The molecule has 0 radical (unpaired) electrons. The van der Waals surface area contributed by atoms with Gasteiger partial charge in [0, 0.05) is 10.5 Å². The Morgan fingerprint density at radius 1 is 0.905 bits per heavy atom. The Labute approximate surface area is 133 Å². The van der Waals surface area contributed by atoms with Gasteiger partial charge in [0.2, 0.25) is 0 Å². The van der Waals surface area contributed by atoms with Crippen LogP contribution < -0.4 is 0 Å². The quantitative estimate of drug-likeness (QED) is 0.660. The summed E-state index contributed by atoms with van der Waals surface area (Å²) in [6.07, 6.45) is 0. The lowest BCUT2D eigenvalue weighted by Crippen LogP contribution is -1.91. The molecule has 104 valence electrons. The normalized spacial score (nSPS) is 10.6. The van der Waals surface area contributed by atoms with Gasteiger partial charge in [0.15, 0.2) is 0 Å². The van der Waals surface area contributed by atoms with Crippen LogP contribution in [0.1, 0.15) is 5.56 Å². The molecule has 0 aliphatic carbocycles. The molecule has 21 heavy (non-hydrogen) atoms. The van der Waals surface area contributed by atoms with Gasteiger partial charge < -0.3 is 0 Å². The van der Waals surface area contributed by atoms with Gasteiger partial charge in [0.05, 0.1) is 5.02 Å². The maximum atomic E-state index is 6.34. The van der Waals surface area contributed by atoms with Crippen molar-refractivity contribution in [2.24, 2.45) is 0 Å². The van der Waals surface area contributed by atoms with Crippen molar-refractivity contribution in [2.45, 2.75) is 16.8 Å². The first-order chi connectivity index (χ1) is 10.2. The number of hydrogen-bond acceptors (Lipinski definition) is 3. The van der Waals surface area contributed by atoms with Gasteiger partial charge in [-0.15, -0.1) is 10.2 Å². The summed E-state index contributed by atoms with van der Waals surface area (Å²) >= 11 is 7.90. The number of aromatic nitrogens is 2. The van der Waals surface area contributed by atoms with Crippen molar-refractivity contribution in [1.82, 2.24) is 10.2 Å². The van der Waals surface area contributed by atoms with Crippen molar-refractivity contribution in [2.75, 3.05) is 0 Å². The molecule has 2 nitrogen and oxygen atoms in total. The first-order valence-corrected chi connectivity index (χ1v) is 7.75. The zero-order valence-corrected chi connectivity index (χ0v) is 13.0. The van der Waals surface area contributed by atoms with E-state index in [0.717, 1.165) is 15.5 Å². The zero-order chi connectivity index (χ0) is 14.7. The highest BCUT2D eigenvalue weighted by molar-refractivity contribution is 7.99. The van der Waals surface area contributed by atoms with Crippen molar-refractivity contribution >= 4 is 23.4 Å². The van der Waals surface area contributed by atoms with Gasteiger partial charge in [-0.2, -0.15) is 0 Å². The molecule has 0 fully saturated rings. The molecule has 0 bridgehead atoms. The molecule has 1 heterocycles. The Morgan fingerprint density at radius 3 is 2.29 bits per heavy atom. The number of aryl methyl sites for hydroxylation is 1. The van der Waals surface area contributed by atoms with Gasteiger partial charge in [-0.25, -0.2) is 0 Å². The first-order valence-electron chi connectivity index (χ1n) is 6.55. The lowest BCUT2D eigenvalue weighted by atomic mass is 10.1. The molecule has 0 unspecified atom stereocenters. The molecule has 3 aromatic rings. The maximum Gasteiger partial charge on any atom is 0.125 e. The minimum absolute atomic E-state index is 0.616. The third-order valence-corrected chi connectivity index (χ3v) is 4.22. The molecule has 0 aliphatic rings. The van der Waals surface area contributed by atoms with Crippen LogP contribution in [0.5, 0.6) is 0 Å². The van der Waals surface area contributed by atoms with Gasteiger partial charge >= 0.3 is 0 Å². The lowest BCUT2D eigenvalue weighted by molar-refractivity contribution is 0.936. The van der Waals surface area contributed by atoms with Crippen molar-refractivity contribution in [3.63, 3.8) is 0 Å². The van der Waals surface area contributed by atoms with Crippen molar-refractivity contribution in [3.05, 3.63) is 71.2 Å². The summed E-state index contributed by atoms with van der Waals surface area (Å²) in [6.45, 7) is 2.07. The predicted octanol–water partition coefficient (Wildman–Crippen LogP) is 5.26. The van der Waals surface area contributed by atoms with E-state index in [1.54, 1.807) is 11.8 Å². The van der Waals surface area contributed by atoms with Crippen LogP contribution in [-0.4, -0.2) is 10.2 Å². The highest BCUT2D eigenvalue weighted by atomic mass is 35.5. The van der Waals surface area contributed by atoms with Gasteiger partial charge in [-0.1, -0.05) is 71.4 Å². The van der Waals surface area contributed by atoms with Crippen molar-refractivity contribution in [3.8, 4) is 11.3 Å². The van der Waals surface area contributed by atoms with Gasteiger partial charge in [0.25, 0.3) is 0 Å². The van der Waals surface area contributed by atoms with E-state index in [9.17, 15) is 0 Å². The Balaban J connectivity index is 1.86. The van der Waals surface area contributed by atoms with E-state index < -0.39 is 0 Å². The van der Waals surface area contributed by atoms with Crippen LogP contribution in [-0.2, 0) is 0 Å². The highest BCUT2D eigenvalue weighted by Crippen LogP contribution is 2.31. The Morgan fingerprint density at radius 2 is 1.62 bits per heavy atom. The molecule has 3 rings (SSSR count). The molecule has 2 aromatic carbocycles. The van der Waals surface area contributed by atoms with Crippen LogP contribution in [0, 0.1) is 6.92 Å². The predicted molar refractivity (Wildman–Crippen MR) is 87.8 cm³/mol. The molecule has 0 aliphatic heterocycles. The van der Waals surface area contributed by atoms with Gasteiger partial charge in [-0.3, -0.25) is 0 Å². The first kappa shape index (κ1) is 14.1. The van der Waals surface area contributed by atoms with E-state index in [2.05, 4.69) is 41.4 Å². The minimum Gasteiger partial charge on any atom is -0.148 e. The zero-order valence-electron chi connectivity index (χ0n) is 11.5. The van der Waals surface area contributed by atoms with Crippen LogP contribution in [0.15, 0.2) is 70.6 Å². The number of hydrogen-bond donors (Lipinski definition) is 0. The summed E-state index contributed by atoms with van der Waals surface area (Å²) in [4.78, 5) is 1.12. The molecule has 0 saturated heterocycles. The van der Waals surface area contributed by atoms with E-state index in [-0.39, 0.29) is 0 Å². The van der Waals surface area contributed by atoms with Crippen molar-refractivity contribution in [1.29, 1.82) is 0 Å². The van der Waals surface area contributed by atoms with Gasteiger partial charge in [0.1, 0.15) is 10.7 Å². The fourth-order valence-electron chi connectivity index (χ4n) is 1.92. The summed E-state index contributed by atoms with van der Waals surface area (Å²) in [5.74, 6) is 0. The standard InChI is InChI=1S/C17H13ClN2S/c1-12-7-9-14(10-8-12)21-16-11-15(18)17(20-19-16)13-5-3-2-4-6-13/h2-11H,1H3. The number of benzene rings is 2. The molecule has 0 amide bonds. The molecule has 0 atom stereocenters. The van der Waals surface area contributed by atoms with Crippen LogP contribution in [0.3, 0.4) is 0 Å². The monoisotopic (exact) mass is 312 g/mol. The number of nitrogens with zero attached hydrogens (tertiary/aromatic N) is 2. The molecule has 0 spiro atoms. The van der Waals surface area contributed by atoms with Crippen LogP contribution in [0.25, 0.3) is 11.3 Å². The second kappa shape index (κ2) is 6.29. The Bertz CT molecular complexity index is 742. The topological polar surface area (TPSA) is 25.8 Å². The molecular formula is C17H13ClN2S. The van der Waals surface area contributed by atoms with Gasteiger partial charge in [-0.05, 0) is 25.1 Å². The summed E-state index contributed by atoms with van der Waals surface area (Å²) in [5, 5.41) is 9.93. The summed E-state index contributed by atoms with van der Waals surface area (Å²) < 4.78 is 0. The maximum absolute atomic E-state index is 6.34. The molecule has 0 N–H and O–H groups in total. The second-order valence-electron chi connectivity index (χ2n) is 4.66. The van der Waals surface area contributed by atoms with Crippen LogP contribution in [0.4, 0.5) is 0 Å². The summed E-state index contributed by atoms with van der Waals surface area (Å²) in [6, 6.07) is 20.0. The lowest BCUT2D eigenvalue weighted by Gasteiger charge is -2.05. The van der Waals surface area contributed by atoms with E-state index >= 15 is 0 Å². The third-order valence-electron chi connectivity index (χ3n) is 3.02. The fraction of sp³-hybridized carbons (Fsp3) is 0.0588. The Kier molecular flexibility index (Phi) is 4.23. The van der Waals surface area contributed by atoms with Crippen molar-refractivity contribution < 1.29 is 0 Å². The SMILES string of the molecule is Cc1ccc(Sc2cc(Cl)c(-c3ccccc3)nn2)cc1. The van der Waals surface area contributed by atoms with Crippen LogP contribution in [0.2, 0.25) is 5.02 Å². The van der Waals surface area contributed by atoms with E-state index in [1.165, 1.54) is 5.56 Å².